The molecule has 1 N–H and O–H groups in total. The van der Waals surface area contributed by atoms with Gasteiger partial charge >= 0.3 is 5.97 Å². The fraction of sp³-hybridized carbons (Fsp3) is 0.400. The van der Waals surface area contributed by atoms with Crippen LogP contribution in [0.1, 0.15) is 32.3 Å². The molecule has 1 atom stereocenters. The Morgan fingerprint density at radius 3 is 2.79 bits per heavy atom. The Bertz CT molecular complexity index is 471. The summed E-state index contributed by atoms with van der Waals surface area (Å²) in [7, 11) is 2.02. The highest BCUT2D eigenvalue weighted by Gasteiger charge is 2.12. The topological polar surface area (TPSA) is 40.5 Å². The Hall–Kier alpha value is -1.48. The second-order valence-corrected chi connectivity index (χ2v) is 5.06. The summed E-state index contributed by atoms with van der Waals surface area (Å²) >= 11 is 5.98. The van der Waals surface area contributed by atoms with Crippen molar-refractivity contribution in [1.82, 2.24) is 0 Å². The molecular formula is C15H20ClNO2. The van der Waals surface area contributed by atoms with Crippen molar-refractivity contribution >= 4 is 29.3 Å². The number of hydrogen-bond donors (Lipinski definition) is 1. The van der Waals surface area contributed by atoms with Crippen molar-refractivity contribution in [2.75, 3.05) is 11.9 Å². The van der Waals surface area contributed by atoms with Crippen LogP contribution >= 0.6 is 11.6 Å². The first-order chi connectivity index (χ1) is 8.95. The van der Waals surface area contributed by atoms with E-state index in [1.165, 1.54) is 0 Å². The molecule has 0 radical (unpaired) electrons. The molecule has 0 aliphatic carbocycles. The molecule has 0 bridgehead atoms. The lowest BCUT2D eigenvalue weighted by molar-refractivity contribution is -0.131. The van der Waals surface area contributed by atoms with Gasteiger partial charge in [-0.05, 0) is 43.2 Å². The summed E-state index contributed by atoms with van der Waals surface area (Å²) in [5, 5.41) is 9.34. The molecule has 19 heavy (non-hydrogen) atoms. The van der Waals surface area contributed by atoms with Crippen LogP contribution < -0.4 is 4.90 Å². The molecule has 0 amide bonds. The van der Waals surface area contributed by atoms with Gasteiger partial charge in [0.15, 0.2) is 0 Å². The van der Waals surface area contributed by atoms with Crippen LogP contribution in [0.4, 0.5) is 5.69 Å². The van der Waals surface area contributed by atoms with Crippen LogP contribution in [0.15, 0.2) is 24.3 Å². The van der Waals surface area contributed by atoms with E-state index < -0.39 is 5.97 Å². The lowest BCUT2D eigenvalue weighted by atomic mass is 10.1. The fourth-order valence-electron chi connectivity index (χ4n) is 1.99. The maximum Gasteiger partial charge on any atom is 0.328 e. The van der Waals surface area contributed by atoms with Gasteiger partial charge in [0.2, 0.25) is 0 Å². The van der Waals surface area contributed by atoms with Gasteiger partial charge in [-0.3, -0.25) is 0 Å². The number of halogens is 1. The van der Waals surface area contributed by atoms with Crippen LogP contribution in [-0.4, -0.2) is 24.2 Å². The van der Waals surface area contributed by atoms with Crippen LogP contribution in [0.2, 0.25) is 5.02 Å². The number of anilines is 1. The van der Waals surface area contributed by atoms with Gasteiger partial charge in [-0.2, -0.15) is 0 Å². The molecule has 0 aliphatic heterocycles. The van der Waals surface area contributed by atoms with Crippen molar-refractivity contribution in [3.05, 3.63) is 34.9 Å². The van der Waals surface area contributed by atoms with Gasteiger partial charge in [0.1, 0.15) is 0 Å². The molecular weight excluding hydrogens is 262 g/mol. The Labute approximate surface area is 119 Å². The van der Waals surface area contributed by atoms with Gasteiger partial charge in [0, 0.05) is 29.9 Å². The first-order valence-corrected chi connectivity index (χ1v) is 6.77. The average molecular weight is 282 g/mol. The molecule has 1 rings (SSSR count). The minimum Gasteiger partial charge on any atom is -0.478 e. The Kier molecular flexibility index (Phi) is 5.90. The molecule has 0 saturated heterocycles. The van der Waals surface area contributed by atoms with E-state index in [0.717, 1.165) is 30.2 Å². The minimum atomic E-state index is -0.963. The second-order valence-electron chi connectivity index (χ2n) is 4.62. The number of carbonyl (C=O) groups is 1. The van der Waals surface area contributed by atoms with E-state index in [1.807, 2.05) is 19.2 Å². The summed E-state index contributed by atoms with van der Waals surface area (Å²) < 4.78 is 0. The van der Waals surface area contributed by atoms with Gasteiger partial charge in [-0.25, -0.2) is 4.79 Å². The number of carboxylic acid groups (broad SMARTS) is 1. The van der Waals surface area contributed by atoms with Crippen LogP contribution in [0.5, 0.6) is 0 Å². The highest BCUT2D eigenvalue weighted by Crippen LogP contribution is 2.27. The van der Waals surface area contributed by atoms with Crippen LogP contribution in [0.25, 0.3) is 6.08 Å². The van der Waals surface area contributed by atoms with Crippen LogP contribution in [0.3, 0.4) is 0 Å². The number of hydrogen-bond acceptors (Lipinski definition) is 2. The first kappa shape index (κ1) is 15.6. The van der Waals surface area contributed by atoms with E-state index in [-0.39, 0.29) is 0 Å². The van der Waals surface area contributed by atoms with Gasteiger partial charge in [0.05, 0.1) is 0 Å². The van der Waals surface area contributed by atoms with Crippen molar-refractivity contribution in [1.29, 1.82) is 0 Å². The maximum atomic E-state index is 10.6. The van der Waals surface area contributed by atoms with Crippen molar-refractivity contribution in [3.8, 4) is 0 Å². The summed E-state index contributed by atoms with van der Waals surface area (Å²) in [5.41, 5.74) is 1.81. The molecule has 1 aromatic rings. The molecule has 1 aromatic carbocycles. The maximum absolute atomic E-state index is 10.6. The Balaban J connectivity index is 3.08. The lowest BCUT2D eigenvalue weighted by Crippen LogP contribution is -2.29. The summed E-state index contributed by atoms with van der Waals surface area (Å²) in [4.78, 5) is 12.8. The van der Waals surface area contributed by atoms with Gasteiger partial charge in [0.25, 0.3) is 0 Å². The molecule has 0 heterocycles. The SMILES string of the molecule is CCCC(C)N(C)c1ccc(Cl)cc1/C=C/C(=O)O. The normalized spacial score (nSPS) is 12.6. The molecule has 0 aromatic heterocycles. The highest BCUT2D eigenvalue weighted by atomic mass is 35.5. The predicted octanol–water partition coefficient (Wildman–Crippen LogP) is 4.06. The quantitative estimate of drug-likeness (QED) is 0.799. The van der Waals surface area contributed by atoms with Crippen LogP contribution in [0, 0.1) is 0 Å². The largest absolute Gasteiger partial charge is 0.478 e. The monoisotopic (exact) mass is 281 g/mol. The van der Waals surface area contributed by atoms with Crippen LogP contribution in [-0.2, 0) is 4.79 Å². The minimum absolute atomic E-state index is 0.392. The third-order valence-corrected chi connectivity index (χ3v) is 3.38. The zero-order valence-corrected chi connectivity index (χ0v) is 12.3. The smallest absolute Gasteiger partial charge is 0.328 e. The van der Waals surface area contributed by atoms with E-state index in [4.69, 9.17) is 16.7 Å². The zero-order chi connectivity index (χ0) is 14.4. The summed E-state index contributed by atoms with van der Waals surface area (Å²) in [6, 6.07) is 5.93. The zero-order valence-electron chi connectivity index (χ0n) is 11.6. The number of benzene rings is 1. The third kappa shape index (κ3) is 4.60. The van der Waals surface area contributed by atoms with Crippen molar-refractivity contribution in [2.45, 2.75) is 32.7 Å². The number of aliphatic carboxylic acids is 1. The molecule has 0 fully saturated rings. The van der Waals surface area contributed by atoms with E-state index in [1.54, 1.807) is 12.1 Å². The second kappa shape index (κ2) is 7.19. The number of nitrogens with zero attached hydrogens (tertiary/aromatic N) is 1. The number of carboxylic acids is 1. The van der Waals surface area contributed by atoms with Gasteiger partial charge in [-0.15, -0.1) is 0 Å². The summed E-state index contributed by atoms with van der Waals surface area (Å²) in [5.74, 6) is -0.963. The number of rotatable bonds is 6. The third-order valence-electron chi connectivity index (χ3n) is 3.14. The standard InChI is InChI=1S/C15H20ClNO2/c1-4-5-11(2)17(3)14-8-7-13(16)10-12(14)6-9-15(18)19/h6-11H,4-5H2,1-3H3,(H,18,19)/b9-6+. The molecule has 1 unspecified atom stereocenters. The van der Waals surface area contributed by atoms with E-state index in [9.17, 15) is 4.79 Å². The molecule has 0 saturated carbocycles. The summed E-state index contributed by atoms with van der Waals surface area (Å²) in [6.07, 6.45) is 4.91. The molecule has 0 aliphatic rings. The van der Waals surface area contributed by atoms with Crippen molar-refractivity contribution < 1.29 is 9.90 Å². The van der Waals surface area contributed by atoms with E-state index in [2.05, 4.69) is 18.7 Å². The Morgan fingerprint density at radius 2 is 2.21 bits per heavy atom. The lowest BCUT2D eigenvalue weighted by Gasteiger charge is -2.28. The van der Waals surface area contributed by atoms with Crippen molar-refractivity contribution in [3.63, 3.8) is 0 Å². The fourth-order valence-corrected chi connectivity index (χ4v) is 2.17. The summed E-state index contributed by atoms with van der Waals surface area (Å²) in [6.45, 7) is 4.31. The van der Waals surface area contributed by atoms with E-state index in [0.29, 0.717) is 11.1 Å². The van der Waals surface area contributed by atoms with Crippen molar-refractivity contribution in [2.24, 2.45) is 0 Å². The van der Waals surface area contributed by atoms with E-state index >= 15 is 0 Å². The molecule has 4 heteroatoms. The molecule has 104 valence electrons. The Morgan fingerprint density at radius 1 is 1.53 bits per heavy atom. The predicted molar refractivity (Wildman–Crippen MR) is 80.9 cm³/mol. The van der Waals surface area contributed by atoms with Gasteiger partial charge in [-0.1, -0.05) is 24.9 Å². The molecule has 3 nitrogen and oxygen atoms in total. The first-order valence-electron chi connectivity index (χ1n) is 6.39. The van der Waals surface area contributed by atoms with Gasteiger partial charge < -0.3 is 10.0 Å². The highest BCUT2D eigenvalue weighted by molar-refractivity contribution is 6.30. The average Bonchev–Trinajstić information content (AvgIpc) is 2.36. The molecule has 0 spiro atoms.